The Labute approximate surface area is 258 Å². The number of aromatic nitrogens is 1. The van der Waals surface area contributed by atoms with Gasteiger partial charge in [-0.25, -0.2) is 4.79 Å². The molecule has 11 nitrogen and oxygen atoms in total. The Morgan fingerprint density at radius 3 is 2.29 bits per heavy atom. The van der Waals surface area contributed by atoms with E-state index in [2.05, 4.69) is 26.5 Å². The smallest absolute Gasteiger partial charge is 0.417 e. The average Bonchev–Trinajstić information content (AvgIpc) is 3.00. The van der Waals surface area contributed by atoms with E-state index in [1.54, 1.807) is 6.07 Å². The highest BCUT2D eigenvalue weighted by Crippen LogP contribution is 2.36. The van der Waals surface area contributed by atoms with Crippen LogP contribution in [0.4, 0.5) is 29.3 Å². The number of phenolic OH excluding ortho intramolecular Hbond substituents is 1. The lowest BCUT2D eigenvalue weighted by Crippen LogP contribution is -2.41. The second kappa shape index (κ2) is 14.1. The molecule has 232 valence electrons. The number of carbonyl (C=O) groups is 3. The van der Waals surface area contributed by atoms with Crippen molar-refractivity contribution in [3.63, 3.8) is 0 Å². The number of amides is 4. The van der Waals surface area contributed by atoms with E-state index in [0.29, 0.717) is 17.0 Å². The van der Waals surface area contributed by atoms with Gasteiger partial charge in [-0.15, -0.1) is 0 Å². The highest BCUT2D eigenvalue weighted by molar-refractivity contribution is 6.31. The molecule has 0 aliphatic heterocycles. The number of carbonyl (C=O) groups excluding carboxylic acids is 3. The third-order valence-corrected chi connectivity index (χ3v) is 6.10. The van der Waals surface area contributed by atoms with Crippen molar-refractivity contribution >= 4 is 46.9 Å². The monoisotopic (exact) mass is 641 g/mol. The number of phenols is 1. The van der Waals surface area contributed by atoms with Crippen molar-refractivity contribution in [3.8, 4) is 23.0 Å². The minimum Gasteiger partial charge on any atom is -0.504 e. The van der Waals surface area contributed by atoms with Crippen LogP contribution in [0, 0.1) is 0 Å². The van der Waals surface area contributed by atoms with E-state index in [1.807, 2.05) is 0 Å². The first-order valence-corrected chi connectivity index (χ1v) is 13.1. The van der Waals surface area contributed by atoms with E-state index < -0.39 is 34.6 Å². The number of benzene rings is 3. The van der Waals surface area contributed by atoms with Gasteiger partial charge in [0.1, 0.15) is 17.2 Å². The summed E-state index contributed by atoms with van der Waals surface area (Å²) in [5, 5.41) is 14.1. The molecule has 0 aliphatic carbocycles. The molecule has 0 radical (unpaired) electrons. The lowest BCUT2D eigenvalue weighted by atomic mass is 10.2. The number of pyridine rings is 1. The number of hydrogen-bond acceptors (Lipinski definition) is 7. The maximum absolute atomic E-state index is 13.1. The Bertz CT molecular complexity index is 1750. The molecule has 0 bridgehead atoms. The van der Waals surface area contributed by atoms with Gasteiger partial charge in [0.05, 0.1) is 17.7 Å². The number of hydrazine groups is 1. The first-order chi connectivity index (χ1) is 21.4. The molecule has 4 rings (SSSR count). The van der Waals surface area contributed by atoms with Gasteiger partial charge >= 0.3 is 12.2 Å². The third kappa shape index (κ3) is 9.11. The molecule has 0 spiro atoms. The fraction of sp³-hybridized carbons (Fsp3) is 0.0667. The van der Waals surface area contributed by atoms with E-state index in [1.165, 1.54) is 74.0 Å². The first kappa shape index (κ1) is 32.2. The number of alkyl halides is 3. The summed E-state index contributed by atoms with van der Waals surface area (Å²) in [4.78, 5) is 40.8. The van der Waals surface area contributed by atoms with Gasteiger partial charge < -0.3 is 25.2 Å². The molecule has 4 amide bonds. The van der Waals surface area contributed by atoms with Crippen molar-refractivity contribution in [3.05, 3.63) is 107 Å². The fourth-order valence-corrected chi connectivity index (χ4v) is 3.89. The van der Waals surface area contributed by atoms with E-state index in [-0.39, 0.29) is 28.6 Å². The number of rotatable bonds is 8. The van der Waals surface area contributed by atoms with Crippen molar-refractivity contribution in [2.24, 2.45) is 0 Å². The lowest BCUT2D eigenvalue weighted by Gasteiger charge is -2.12. The van der Waals surface area contributed by atoms with Crippen molar-refractivity contribution in [1.29, 1.82) is 0 Å². The molecule has 4 aromatic rings. The summed E-state index contributed by atoms with van der Waals surface area (Å²) < 4.78 is 49.9. The van der Waals surface area contributed by atoms with Crippen LogP contribution in [0.25, 0.3) is 6.08 Å². The molecule has 3 aromatic carbocycles. The van der Waals surface area contributed by atoms with Gasteiger partial charge in [0.2, 0.25) is 0 Å². The van der Waals surface area contributed by atoms with Crippen LogP contribution in [0.3, 0.4) is 0 Å². The van der Waals surface area contributed by atoms with E-state index in [4.69, 9.17) is 21.1 Å². The Morgan fingerprint density at radius 2 is 1.60 bits per heavy atom. The number of anilines is 2. The summed E-state index contributed by atoms with van der Waals surface area (Å²) in [7, 11) is 1.41. The maximum atomic E-state index is 13.1. The highest BCUT2D eigenvalue weighted by Gasteiger charge is 2.33. The standard InChI is InChI=1S/C30H23ClF3N5O6/c1-44-26-10-2-17(14-25(26)40)3-11-27(41)38-39-28(42)24-16-21(12-13-35-24)45-20-7-4-18(5-8-20)36-29(43)37-19-6-9-23(31)22(15-19)30(32,33)34/h2-16,40H,1H3,(H,38,41)(H,39,42)(H2,36,37,43). The van der Waals surface area contributed by atoms with Crippen molar-refractivity contribution in [1.82, 2.24) is 15.8 Å². The Kier molecular flexibility index (Phi) is 10.1. The summed E-state index contributed by atoms with van der Waals surface area (Å²) in [6.07, 6.45) is -0.783. The fourth-order valence-electron chi connectivity index (χ4n) is 3.66. The lowest BCUT2D eigenvalue weighted by molar-refractivity contribution is -0.137. The van der Waals surface area contributed by atoms with Crippen LogP contribution in [0.5, 0.6) is 23.0 Å². The molecule has 45 heavy (non-hydrogen) atoms. The van der Waals surface area contributed by atoms with Crippen molar-refractivity contribution in [2.75, 3.05) is 17.7 Å². The van der Waals surface area contributed by atoms with Crippen molar-refractivity contribution in [2.45, 2.75) is 6.18 Å². The summed E-state index contributed by atoms with van der Waals surface area (Å²) in [6, 6.07) is 15.6. The Hall–Kier alpha value is -5.76. The van der Waals surface area contributed by atoms with Crippen LogP contribution >= 0.6 is 11.6 Å². The first-order valence-electron chi connectivity index (χ1n) is 12.8. The van der Waals surface area contributed by atoms with Crippen LogP contribution in [-0.4, -0.2) is 35.0 Å². The number of halogens is 4. The van der Waals surface area contributed by atoms with E-state index in [9.17, 15) is 32.7 Å². The van der Waals surface area contributed by atoms with Gasteiger partial charge in [-0.05, 0) is 72.3 Å². The topological polar surface area (TPSA) is 151 Å². The minimum absolute atomic E-state index is 0.0669. The summed E-state index contributed by atoms with van der Waals surface area (Å²) >= 11 is 5.60. The molecule has 0 aliphatic rings. The van der Waals surface area contributed by atoms with Crippen LogP contribution in [0.1, 0.15) is 21.6 Å². The molecule has 0 atom stereocenters. The number of methoxy groups -OCH3 is 1. The Morgan fingerprint density at radius 1 is 0.889 bits per heavy atom. The van der Waals surface area contributed by atoms with Crippen LogP contribution in [0.2, 0.25) is 5.02 Å². The predicted octanol–water partition coefficient (Wildman–Crippen LogP) is 6.38. The zero-order chi connectivity index (χ0) is 32.6. The molecule has 0 saturated heterocycles. The quantitative estimate of drug-likeness (QED) is 0.111. The van der Waals surface area contributed by atoms with Gasteiger partial charge in [0, 0.05) is 29.7 Å². The van der Waals surface area contributed by atoms with Crippen LogP contribution in [0.15, 0.2) is 85.1 Å². The molecule has 0 fully saturated rings. The number of ether oxygens (including phenoxy) is 2. The Balaban J connectivity index is 1.28. The molecule has 5 N–H and O–H groups in total. The highest BCUT2D eigenvalue weighted by atomic mass is 35.5. The number of nitrogens with zero attached hydrogens (tertiary/aromatic N) is 1. The van der Waals surface area contributed by atoms with E-state index in [0.717, 1.165) is 18.2 Å². The second-order valence-electron chi connectivity index (χ2n) is 8.98. The average molecular weight is 642 g/mol. The second-order valence-corrected chi connectivity index (χ2v) is 9.39. The van der Waals surface area contributed by atoms with Crippen LogP contribution < -0.4 is 31.0 Å². The molecule has 1 aromatic heterocycles. The van der Waals surface area contributed by atoms with Gasteiger partial charge in [0.15, 0.2) is 11.5 Å². The number of aromatic hydroxyl groups is 1. The van der Waals surface area contributed by atoms with Gasteiger partial charge in [0.25, 0.3) is 11.8 Å². The maximum Gasteiger partial charge on any atom is 0.417 e. The predicted molar refractivity (Wildman–Crippen MR) is 159 cm³/mol. The molecular weight excluding hydrogens is 619 g/mol. The largest absolute Gasteiger partial charge is 0.504 e. The zero-order valence-corrected chi connectivity index (χ0v) is 23.9. The van der Waals surface area contributed by atoms with Crippen LogP contribution in [-0.2, 0) is 11.0 Å². The third-order valence-electron chi connectivity index (χ3n) is 5.77. The summed E-state index contributed by atoms with van der Waals surface area (Å²) in [5.41, 5.74) is 4.03. The van der Waals surface area contributed by atoms with Gasteiger partial charge in [-0.3, -0.25) is 25.4 Å². The zero-order valence-electron chi connectivity index (χ0n) is 23.1. The van der Waals surface area contributed by atoms with Gasteiger partial charge in [-0.2, -0.15) is 13.2 Å². The number of urea groups is 1. The minimum atomic E-state index is -4.68. The summed E-state index contributed by atoms with van der Waals surface area (Å²) in [5.74, 6) is -0.620. The molecule has 0 unspecified atom stereocenters. The molecule has 0 saturated carbocycles. The normalized spacial score (nSPS) is 11.0. The SMILES string of the molecule is COc1ccc(C=CC(=O)NNC(=O)c2cc(Oc3ccc(NC(=O)Nc4ccc(Cl)c(C(F)(F)F)c4)cc3)ccn2)cc1O. The summed E-state index contributed by atoms with van der Waals surface area (Å²) in [6.45, 7) is 0. The number of nitrogens with one attached hydrogen (secondary N) is 4. The molecule has 15 heteroatoms. The molecular formula is C30H23ClF3N5O6. The van der Waals surface area contributed by atoms with Crippen molar-refractivity contribution < 1.29 is 42.1 Å². The molecule has 1 heterocycles. The van der Waals surface area contributed by atoms with Gasteiger partial charge in [-0.1, -0.05) is 17.7 Å². The van der Waals surface area contributed by atoms with E-state index >= 15 is 0 Å². The number of hydrogen-bond donors (Lipinski definition) is 5.